The van der Waals surface area contributed by atoms with E-state index in [0.717, 1.165) is 6.42 Å². The SMILES string of the molecule is NCCCC[C@@H]1NC(=O)C(=O)OC1=O. The lowest BCUT2D eigenvalue weighted by Crippen LogP contribution is -2.51. The van der Waals surface area contributed by atoms with Crippen molar-refractivity contribution in [3.05, 3.63) is 0 Å². The van der Waals surface area contributed by atoms with Gasteiger partial charge in [-0.15, -0.1) is 0 Å². The normalized spacial score (nSPS) is 21.8. The highest BCUT2D eigenvalue weighted by molar-refractivity contribution is 6.36. The van der Waals surface area contributed by atoms with Gasteiger partial charge in [0.25, 0.3) is 0 Å². The van der Waals surface area contributed by atoms with Crippen molar-refractivity contribution < 1.29 is 19.1 Å². The van der Waals surface area contributed by atoms with E-state index in [0.29, 0.717) is 19.4 Å². The fourth-order valence-electron chi connectivity index (χ4n) is 1.17. The van der Waals surface area contributed by atoms with Crippen LogP contribution in [0.3, 0.4) is 0 Å². The number of nitrogens with two attached hydrogens (primary N) is 1. The highest BCUT2D eigenvalue weighted by Crippen LogP contribution is 2.06. The lowest BCUT2D eigenvalue weighted by Gasteiger charge is -2.20. The molecule has 0 bridgehead atoms. The Kier molecular flexibility index (Phi) is 3.58. The molecule has 0 unspecified atom stereocenters. The first kappa shape index (κ1) is 10.6. The van der Waals surface area contributed by atoms with Gasteiger partial charge in [-0.1, -0.05) is 0 Å². The van der Waals surface area contributed by atoms with Crippen molar-refractivity contribution in [1.82, 2.24) is 5.32 Å². The van der Waals surface area contributed by atoms with E-state index < -0.39 is 23.9 Å². The number of nitrogens with one attached hydrogen (secondary N) is 1. The van der Waals surface area contributed by atoms with Crippen LogP contribution in [-0.2, 0) is 19.1 Å². The number of unbranched alkanes of at least 4 members (excludes halogenated alkanes) is 1. The Morgan fingerprint density at radius 3 is 2.64 bits per heavy atom. The Morgan fingerprint density at radius 1 is 1.29 bits per heavy atom. The standard InChI is InChI=1S/C8H12N2O4/c9-4-2-1-3-5-7(12)14-8(13)6(11)10-5/h5H,1-4,9H2,(H,10,11)/t5-/m0/s1. The second-order valence-corrected chi connectivity index (χ2v) is 3.02. The molecule has 14 heavy (non-hydrogen) atoms. The number of carbonyl (C=O) groups is 3. The molecule has 0 radical (unpaired) electrons. The maximum Gasteiger partial charge on any atom is 0.404 e. The molecule has 0 aliphatic carbocycles. The fraction of sp³-hybridized carbons (Fsp3) is 0.625. The molecule has 1 amide bonds. The molecule has 0 aromatic rings. The molecule has 1 aliphatic rings. The maximum absolute atomic E-state index is 11.1. The van der Waals surface area contributed by atoms with Gasteiger partial charge in [-0.2, -0.15) is 0 Å². The molecule has 1 saturated heterocycles. The smallest absolute Gasteiger partial charge is 0.384 e. The zero-order valence-electron chi connectivity index (χ0n) is 7.62. The van der Waals surface area contributed by atoms with Crippen LogP contribution in [0.25, 0.3) is 0 Å². The van der Waals surface area contributed by atoms with Gasteiger partial charge in [0.05, 0.1) is 0 Å². The summed E-state index contributed by atoms with van der Waals surface area (Å²) in [6, 6.07) is -0.702. The van der Waals surface area contributed by atoms with E-state index in [1.807, 2.05) is 0 Å². The molecule has 6 nitrogen and oxygen atoms in total. The predicted octanol–water partition coefficient (Wildman–Crippen LogP) is -1.32. The Morgan fingerprint density at radius 2 is 2.00 bits per heavy atom. The quantitative estimate of drug-likeness (QED) is 0.254. The zero-order chi connectivity index (χ0) is 10.6. The number of ether oxygens (including phenoxy) is 1. The largest absolute Gasteiger partial charge is 0.404 e. The van der Waals surface area contributed by atoms with Crippen molar-refractivity contribution in [2.24, 2.45) is 5.73 Å². The number of carbonyl (C=O) groups excluding carboxylic acids is 3. The van der Waals surface area contributed by atoms with Gasteiger partial charge in [0.2, 0.25) is 0 Å². The van der Waals surface area contributed by atoms with Crippen molar-refractivity contribution >= 4 is 17.8 Å². The second-order valence-electron chi connectivity index (χ2n) is 3.02. The second kappa shape index (κ2) is 4.71. The molecule has 0 aromatic carbocycles. The van der Waals surface area contributed by atoms with Crippen molar-refractivity contribution in [1.29, 1.82) is 0 Å². The van der Waals surface area contributed by atoms with Crippen LogP contribution in [0.4, 0.5) is 0 Å². The van der Waals surface area contributed by atoms with Crippen LogP contribution < -0.4 is 11.1 Å². The number of morpholine rings is 1. The van der Waals surface area contributed by atoms with Crippen molar-refractivity contribution in [3.8, 4) is 0 Å². The summed E-state index contributed by atoms with van der Waals surface area (Å²) < 4.78 is 4.22. The Balaban J connectivity index is 2.41. The van der Waals surface area contributed by atoms with Gasteiger partial charge in [-0.3, -0.25) is 4.79 Å². The van der Waals surface area contributed by atoms with Crippen molar-refractivity contribution in [2.45, 2.75) is 25.3 Å². The van der Waals surface area contributed by atoms with E-state index in [9.17, 15) is 14.4 Å². The number of rotatable bonds is 4. The minimum atomic E-state index is -1.13. The van der Waals surface area contributed by atoms with Crippen LogP contribution in [0.2, 0.25) is 0 Å². The third kappa shape index (κ3) is 2.53. The predicted molar refractivity (Wildman–Crippen MR) is 45.9 cm³/mol. The molecule has 1 rings (SSSR count). The van der Waals surface area contributed by atoms with Gasteiger partial charge in [0, 0.05) is 0 Å². The molecule has 0 spiro atoms. The van der Waals surface area contributed by atoms with Gasteiger partial charge in [-0.05, 0) is 25.8 Å². The topological polar surface area (TPSA) is 98.5 Å². The summed E-state index contributed by atoms with van der Waals surface area (Å²) in [5.41, 5.74) is 5.27. The highest BCUT2D eigenvalue weighted by atomic mass is 16.6. The van der Waals surface area contributed by atoms with Crippen LogP contribution in [0.15, 0.2) is 0 Å². The number of hydrogen-bond donors (Lipinski definition) is 2. The van der Waals surface area contributed by atoms with E-state index in [-0.39, 0.29) is 0 Å². The van der Waals surface area contributed by atoms with E-state index in [4.69, 9.17) is 5.73 Å². The molecule has 6 heteroatoms. The van der Waals surface area contributed by atoms with Gasteiger partial charge in [0.1, 0.15) is 6.04 Å². The summed E-state index contributed by atoms with van der Waals surface area (Å²) in [6.07, 6.45) is 1.94. The van der Waals surface area contributed by atoms with Crippen LogP contribution in [0.1, 0.15) is 19.3 Å². The minimum Gasteiger partial charge on any atom is -0.384 e. The van der Waals surface area contributed by atoms with Crippen molar-refractivity contribution in [3.63, 3.8) is 0 Å². The van der Waals surface area contributed by atoms with Gasteiger partial charge < -0.3 is 15.8 Å². The molecule has 0 saturated carbocycles. The van der Waals surface area contributed by atoms with Crippen LogP contribution in [-0.4, -0.2) is 30.4 Å². The summed E-state index contributed by atoms with van der Waals surface area (Å²) in [5.74, 6) is -2.68. The molecule has 1 heterocycles. The van der Waals surface area contributed by atoms with Crippen LogP contribution >= 0.6 is 0 Å². The summed E-state index contributed by atoms with van der Waals surface area (Å²) in [5, 5.41) is 2.27. The van der Waals surface area contributed by atoms with Crippen LogP contribution in [0, 0.1) is 0 Å². The van der Waals surface area contributed by atoms with E-state index in [1.165, 1.54) is 0 Å². The fourth-order valence-corrected chi connectivity index (χ4v) is 1.17. The first-order valence-corrected chi connectivity index (χ1v) is 4.41. The molecular formula is C8H12N2O4. The average Bonchev–Trinajstić information content (AvgIpc) is 2.14. The molecule has 0 aromatic heterocycles. The Bertz CT molecular complexity index is 264. The molecule has 78 valence electrons. The number of hydrogen-bond acceptors (Lipinski definition) is 5. The molecular weight excluding hydrogens is 188 g/mol. The third-order valence-electron chi connectivity index (χ3n) is 1.92. The van der Waals surface area contributed by atoms with E-state index >= 15 is 0 Å². The molecule has 1 aliphatic heterocycles. The lowest BCUT2D eigenvalue weighted by atomic mass is 10.1. The van der Waals surface area contributed by atoms with Crippen LogP contribution in [0.5, 0.6) is 0 Å². The molecule has 3 N–H and O–H groups in total. The van der Waals surface area contributed by atoms with Gasteiger partial charge in [0.15, 0.2) is 0 Å². The third-order valence-corrected chi connectivity index (χ3v) is 1.92. The molecule has 1 fully saturated rings. The first-order valence-electron chi connectivity index (χ1n) is 4.41. The van der Waals surface area contributed by atoms with Gasteiger partial charge >= 0.3 is 17.8 Å². The minimum absolute atomic E-state index is 0.453. The van der Waals surface area contributed by atoms with Gasteiger partial charge in [-0.25, -0.2) is 9.59 Å². The van der Waals surface area contributed by atoms with E-state index in [2.05, 4.69) is 10.1 Å². The summed E-state index contributed by atoms with van der Waals surface area (Å²) >= 11 is 0. The van der Waals surface area contributed by atoms with E-state index in [1.54, 1.807) is 0 Å². The monoisotopic (exact) mass is 200 g/mol. The van der Waals surface area contributed by atoms with Crippen molar-refractivity contribution in [2.75, 3.05) is 6.54 Å². The lowest BCUT2D eigenvalue weighted by molar-refractivity contribution is -0.171. The Labute approximate surface area is 80.8 Å². The summed E-state index contributed by atoms with van der Waals surface area (Å²) in [6.45, 7) is 0.536. The number of cyclic esters (lactones) is 2. The molecule has 1 atom stereocenters. The maximum atomic E-state index is 11.1. The number of amides is 1. The highest BCUT2D eigenvalue weighted by Gasteiger charge is 2.34. The average molecular weight is 200 g/mol. The Hall–Kier alpha value is -1.43. The zero-order valence-corrected chi connectivity index (χ0v) is 7.62. The summed E-state index contributed by atoms with van der Waals surface area (Å²) in [7, 11) is 0. The first-order chi connectivity index (χ1) is 6.65. The summed E-state index contributed by atoms with van der Waals surface area (Å²) in [4.78, 5) is 32.5. The number of esters is 2.